The highest BCUT2D eigenvalue weighted by atomic mass is 16.5. The van der Waals surface area contributed by atoms with Crippen molar-refractivity contribution in [1.82, 2.24) is 4.90 Å². The molecule has 2 nitrogen and oxygen atoms in total. The molecule has 0 bridgehead atoms. The van der Waals surface area contributed by atoms with Crippen molar-refractivity contribution in [3.8, 4) is 5.75 Å². The molecule has 94 valence electrons. The number of benzene rings is 1. The second-order valence-electron chi connectivity index (χ2n) is 4.92. The van der Waals surface area contributed by atoms with E-state index in [2.05, 4.69) is 30.0 Å². The van der Waals surface area contributed by atoms with Gasteiger partial charge in [-0.2, -0.15) is 0 Å². The fourth-order valence-electron chi connectivity index (χ4n) is 2.74. The zero-order chi connectivity index (χ0) is 12.1. The summed E-state index contributed by atoms with van der Waals surface area (Å²) >= 11 is 0. The molecule has 1 aliphatic rings. The number of hydrogen-bond donors (Lipinski definition) is 0. The number of ether oxygens (including phenoxy) is 1. The van der Waals surface area contributed by atoms with Crippen LogP contribution in [0, 0.1) is 0 Å². The second-order valence-corrected chi connectivity index (χ2v) is 4.92. The van der Waals surface area contributed by atoms with Crippen molar-refractivity contribution < 1.29 is 4.74 Å². The summed E-state index contributed by atoms with van der Waals surface area (Å²) in [4.78, 5) is 2.59. The fourth-order valence-corrected chi connectivity index (χ4v) is 2.74. The Morgan fingerprint density at radius 1 is 1.41 bits per heavy atom. The topological polar surface area (TPSA) is 12.5 Å². The number of hydrogen-bond acceptors (Lipinski definition) is 2. The summed E-state index contributed by atoms with van der Waals surface area (Å²) in [5, 5.41) is 0. The van der Waals surface area contributed by atoms with Gasteiger partial charge in [-0.3, -0.25) is 0 Å². The third-order valence-electron chi connectivity index (χ3n) is 3.61. The van der Waals surface area contributed by atoms with E-state index in [4.69, 9.17) is 4.74 Å². The highest BCUT2D eigenvalue weighted by Crippen LogP contribution is 2.28. The molecule has 1 aromatic rings. The van der Waals surface area contributed by atoms with Crippen LogP contribution in [0.2, 0.25) is 0 Å². The fraction of sp³-hybridized carbons (Fsp3) is 0.600. The van der Waals surface area contributed by atoms with E-state index in [0.717, 1.165) is 5.75 Å². The molecular formula is C15H23NO. The van der Waals surface area contributed by atoms with Crippen LogP contribution < -0.4 is 4.74 Å². The average Bonchev–Trinajstić information content (AvgIpc) is 2.40. The quantitative estimate of drug-likeness (QED) is 0.791. The smallest absolute Gasteiger partial charge is 0.119 e. The van der Waals surface area contributed by atoms with Crippen LogP contribution in [0.5, 0.6) is 5.75 Å². The van der Waals surface area contributed by atoms with E-state index in [0.29, 0.717) is 5.92 Å². The van der Waals surface area contributed by atoms with Crippen molar-refractivity contribution in [2.75, 3.05) is 26.7 Å². The van der Waals surface area contributed by atoms with Gasteiger partial charge in [0.15, 0.2) is 0 Å². The second kappa shape index (κ2) is 6.06. The predicted molar refractivity (Wildman–Crippen MR) is 71.7 cm³/mol. The summed E-state index contributed by atoms with van der Waals surface area (Å²) in [7, 11) is 1.74. The maximum absolute atomic E-state index is 5.31. The summed E-state index contributed by atoms with van der Waals surface area (Å²) in [6.07, 6.45) is 3.89. The minimum Gasteiger partial charge on any atom is -0.497 e. The van der Waals surface area contributed by atoms with E-state index in [9.17, 15) is 0 Å². The van der Waals surface area contributed by atoms with Crippen molar-refractivity contribution in [3.05, 3.63) is 29.8 Å². The molecule has 1 saturated heterocycles. The molecule has 0 spiro atoms. The Kier molecular flexibility index (Phi) is 4.43. The molecule has 0 radical (unpaired) electrons. The number of nitrogens with zero attached hydrogens (tertiary/aromatic N) is 1. The molecule has 0 aliphatic carbocycles. The van der Waals surface area contributed by atoms with Crippen LogP contribution in [-0.4, -0.2) is 31.6 Å². The predicted octanol–water partition coefficient (Wildman–Crippen LogP) is 3.28. The van der Waals surface area contributed by atoms with Crippen LogP contribution in [0.1, 0.15) is 37.7 Å². The van der Waals surface area contributed by atoms with Crippen LogP contribution in [0.25, 0.3) is 0 Å². The lowest BCUT2D eigenvalue weighted by atomic mass is 9.90. The van der Waals surface area contributed by atoms with Gasteiger partial charge in [-0.15, -0.1) is 0 Å². The van der Waals surface area contributed by atoms with Crippen LogP contribution in [0.3, 0.4) is 0 Å². The number of likely N-dealkylation sites (tertiary alicyclic amines) is 1. The summed E-state index contributed by atoms with van der Waals surface area (Å²) in [5.41, 5.74) is 1.44. The molecule has 1 unspecified atom stereocenters. The number of methoxy groups -OCH3 is 1. The largest absolute Gasteiger partial charge is 0.497 e. The molecule has 0 aromatic heterocycles. The molecule has 1 heterocycles. The van der Waals surface area contributed by atoms with E-state index in [-0.39, 0.29) is 0 Å². The zero-order valence-corrected chi connectivity index (χ0v) is 11.0. The Bertz CT molecular complexity index is 349. The van der Waals surface area contributed by atoms with Gasteiger partial charge >= 0.3 is 0 Å². The standard InChI is InChI=1S/C15H23NO/c1-3-9-16-10-5-7-14(12-16)13-6-4-8-15(11-13)17-2/h4,6,8,11,14H,3,5,7,9-10,12H2,1-2H3. The maximum Gasteiger partial charge on any atom is 0.119 e. The molecule has 0 saturated carbocycles. The summed E-state index contributed by atoms with van der Waals surface area (Å²) in [5.74, 6) is 1.67. The van der Waals surface area contributed by atoms with Crippen molar-refractivity contribution >= 4 is 0 Å². The molecule has 17 heavy (non-hydrogen) atoms. The van der Waals surface area contributed by atoms with Gasteiger partial charge in [-0.05, 0) is 56.0 Å². The van der Waals surface area contributed by atoms with Crippen LogP contribution in [0.4, 0.5) is 0 Å². The van der Waals surface area contributed by atoms with E-state index in [1.165, 1.54) is 44.5 Å². The van der Waals surface area contributed by atoms with Gasteiger partial charge in [0, 0.05) is 6.54 Å². The highest BCUT2D eigenvalue weighted by molar-refractivity contribution is 5.31. The van der Waals surface area contributed by atoms with Crippen LogP contribution in [-0.2, 0) is 0 Å². The van der Waals surface area contributed by atoms with E-state index < -0.39 is 0 Å². The molecular weight excluding hydrogens is 210 g/mol. The van der Waals surface area contributed by atoms with Crippen molar-refractivity contribution in [3.63, 3.8) is 0 Å². The first-order valence-electron chi connectivity index (χ1n) is 6.69. The SMILES string of the molecule is CCCN1CCCC(c2cccc(OC)c2)C1. The first kappa shape index (κ1) is 12.4. The van der Waals surface area contributed by atoms with Gasteiger partial charge in [-0.1, -0.05) is 19.1 Å². The Morgan fingerprint density at radius 2 is 2.29 bits per heavy atom. The molecule has 1 fully saturated rings. The first-order chi connectivity index (χ1) is 8.33. The number of piperidine rings is 1. The third kappa shape index (κ3) is 3.22. The van der Waals surface area contributed by atoms with E-state index in [1.807, 2.05) is 6.07 Å². The Labute approximate surface area is 105 Å². The number of rotatable bonds is 4. The highest BCUT2D eigenvalue weighted by Gasteiger charge is 2.20. The van der Waals surface area contributed by atoms with Crippen LogP contribution >= 0.6 is 0 Å². The van der Waals surface area contributed by atoms with Crippen LogP contribution in [0.15, 0.2) is 24.3 Å². The minimum absolute atomic E-state index is 0.686. The molecule has 0 N–H and O–H groups in total. The Balaban J connectivity index is 2.05. The molecule has 2 rings (SSSR count). The molecule has 1 aliphatic heterocycles. The van der Waals surface area contributed by atoms with Gasteiger partial charge in [0.05, 0.1) is 7.11 Å². The maximum atomic E-state index is 5.31. The van der Waals surface area contributed by atoms with Gasteiger partial charge in [-0.25, -0.2) is 0 Å². The zero-order valence-electron chi connectivity index (χ0n) is 11.0. The normalized spacial score (nSPS) is 21.4. The lowest BCUT2D eigenvalue weighted by Gasteiger charge is -2.32. The third-order valence-corrected chi connectivity index (χ3v) is 3.61. The average molecular weight is 233 g/mol. The minimum atomic E-state index is 0.686. The summed E-state index contributed by atoms with van der Waals surface area (Å²) < 4.78 is 5.31. The summed E-state index contributed by atoms with van der Waals surface area (Å²) in [6, 6.07) is 8.56. The lowest BCUT2D eigenvalue weighted by molar-refractivity contribution is 0.208. The van der Waals surface area contributed by atoms with Gasteiger partial charge in [0.2, 0.25) is 0 Å². The van der Waals surface area contributed by atoms with Crippen molar-refractivity contribution in [1.29, 1.82) is 0 Å². The van der Waals surface area contributed by atoms with Gasteiger partial charge in [0.25, 0.3) is 0 Å². The summed E-state index contributed by atoms with van der Waals surface area (Å²) in [6.45, 7) is 5.98. The molecule has 0 amide bonds. The van der Waals surface area contributed by atoms with Crippen molar-refractivity contribution in [2.24, 2.45) is 0 Å². The van der Waals surface area contributed by atoms with Crippen molar-refractivity contribution in [2.45, 2.75) is 32.1 Å². The monoisotopic (exact) mass is 233 g/mol. The Morgan fingerprint density at radius 3 is 3.06 bits per heavy atom. The molecule has 2 heteroatoms. The lowest BCUT2D eigenvalue weighted by Crippen LogP contribution is -2.34. The van der Waals surface area contributed by atoms with Gasteiger partial charge < -0.3 is 9.64 Å². The Hall–Kier alpha value is -1.02. The van der Waals surface area contributed by atoms with E-state index in [1.54, 1.807) is 7.11 Å². The molecule has 1 atom stereocenters. The first-order valence-corrected chi connectivity index (χ1v) is 6.69. The van der Waals surface area contributed by atoms with E-state index >= 15 is 0 Å². The van der Waals surface area contributed by atoms with Gasteiger partial charge in [0.1, 0.15) is 5.75 Å². The molecule has 1 aromatic carbocycles.